The molecule has 0 fully saturated rings. The Hall–Kier alpha value is -7.92. The summed E-state index contributed by atoms with van der Waals surface area (Å²) < 4.78 is 41.0. The van der Waals surface area contributed by atoms with Crippen molar-refractivity contribution in [3.05, 3.63) is 255 Å². The molecule has 0 aliphatic carbocycles. The van der Waals surface area contributed by atoms with E-state index in [1.807, 2.05) is 24.3 Å². The third kappa shape index (κ3) is 7.77. The summed E-state index contributed by atoms with van der Waals surface area (Å²) in [5.41, 5.74) is 17.3. The fourth-order valence-electron chi connectivity index (χ4n) is 8.80. The van der Waals surface area contributed by atoms with E-state index in [1.54, 1.807) is 12.1 Å². The van der Waals surface area contributed by atoms with Gasteiger partial charge in [-0.2, -0.15) is 0 Å². The highest BCUT2D eigenvalue weighted by Crippen LogP contribution is 2.49. The summed E-state index contributed by atoms with van der Waals surface area (Å²) in [6.45, 7) is 0. The van der Waals surface area contributed by atoms with Gasteiger partial charge in [0.1, 0.15) is 5.82 Å². The summed E-state index contributed by atoms with van der Waals surface area (Å²) in [5, 5.41) is 0. The zero-order chi connectivity index (χ0) is 43.5. The van der Waals surface area contributed by atoms with Crippen LogP contribution in [-0.2, 0) is 9.84 Å². The minimum absolute atomic E-state index is 0.0446. The van der Waals surface area contributed by atoms with Crippen molar-refractivity contribution < 1.29 is 12.8 Å². The lowest BCUT2D eigenvalue weighted by molar-refractivity contribution is 0.595. The number of sulfone groups is 1. The van der Waals surface area contributed by atoms with Gasteiger partial charge in [0.15, 0.2) is 0 Å². The maximum atomic E-state index is 13.7. The molecule has 0 atom stereocenters. The van der Waals surface area contributed by atoms with E-state index in [2.05, 4.69) is 188 Å². The van der Waals surface area contributed by atoms with Gasteiger partial charge in [-0.1, -0.05) is 212 Å². The molecule has 0 saturated carbocycles. The SMILES string of the molecule is O=S(=O)(c1ccc(F)cc1)c1ccc(-c2ccc(-c3ccccc3)c(-c3ccc(-c4c(-c5ccccc5)ccc(-c5ccccc5)c4-c4ccccc4)cc3)c2-c2ccccc2)cc1. The Labute approximate surface area is 374 Å². The molecule has 0 spiro atoms. The molecule has 4 heteroatoms. The van der Waals surface area contributed by atoms with Crippen LogP contribution < -0.4 is 0 Å². The summed E-state index contributed by atoms with van der Waals surface area (Å²) in [7, 11) is -3.87. The van der Waals surface area contributed by atoms with Gasteiger partial charge < -0.3 is 0 Å². The van der Waals surface area contributed by atoms with Crippen LogP contribution in [0, 0.1) is 5.82 Å². The zero-order valence-electron chi connectivity index (χ0n) is 34.8. The fraction of sp³-hybridized carbons (Fsp3) is 0. The van der Waals surface area contributed by atoms with E-state index in [9.17, 15) is 12.8 Å². The van der Waals surface area contributed by atoms with Crippen LogP contribution in [0.5, 0.6) is 0 Å². The quantitative estimate of drug-likeness (QED) is 0.129. The Morgan fingerprint density at radius 2 is 0.453 bits per heavy atom. The third-order valence-electron chi connectivity index (χ3n) is 11.9. The summed E-state index contributed by atoms with van der Waals surface area (Å²) in [6, 6.07) is 82.5. The zero-order valence-corrected chi connectivity index (χ0v) is 35.6. The standard InChI is InChI=1S/C60H41FO2S/c61-50-32-36-52(37-33-50)64(62,63)51-34-30-45(31-35-51)56-41-40-55(44-20-10-3-11-21-44)60(58(56)47-24-14-5-15-25-47)49-28-26-48(27-29-49)59-54(43-18-8-2-9-19-43)39-38-53(42-16-6-1-7-17-42)57(59)46-22-12-4-13-23-46/h1-41H. The third-order valence-corrected chi connectivity index (χ3v) is 13.6. The average Bonchev–Trinajstić information content (AvgIpc) is 3.37. The highest BCUT2D eigenvalue weighted by molar-refractivity contribution is 7.91. The molecular formula is C60H41FO2S. The largest absolute Gasteiger partial charge is 0.219 e. The van der Waals surface area contributed by atoms with Gasteiger partial charge in [0.05, 0.1) is 9.79 Å². The molecule has 0 aliphatic heterocycles. The van der Waals surface area contributed by atoms with Crippen molar-refractivity contribution in [1.29, 1.82) is 0 Å². The second kappa shape index (κ2) is 17.5. The van der Waals surface area contributed by atoms with E-state index in [4.69, 9.17) is 0 Å². The molecule has 0 amide bonds. The fourth-order valence-corrected chi connectivity index (χ4v) is 10.1. The van der Waals surface area contributed by atoms with E-state index >= 15 is 0 Å². The number of benzene rings is 10. The monoisotopic (exact) mass is 844 g/mol. The highest BCUT2D eigenvalue weighted by atomic mass is 32.2. The Kier molecular flexibility index (Phi) is 11.0. The minimum atomic E-state index is -3.87. The molecule has 0 N–H and O–H groups in total. The van der Waals surface area contributed by atoms with Crippen molar-refractivity contribution in [3.63, 3.8) is 0 Å². The molecule has 306 valence electrons. The lowest BCUT2D eigenvalue weighted by Gasteiger charge is -2.22. The lowest BCUT2D eigenvalue weighted by Crippen LogP contribution is -2.02. The van der Waals surface area contributed by atoms with E-state index in [0.29, 0.717) is 0 Å². The highest BCUT2D eigenvalue weighted by Gasteiger charge is 2.23. The van der Waals surface area contributed by atoms with Gasteiger partial charge in [0.2, 0.25) is 9.84 Å². The first-order valence-corrected chi connectivity index (χ1v) is 22.8. The molecule has 2 nitrogen and oxygen atoms in total. The van der Waals surface area contributed by atoms with Crippen molar-refractivity contribution in [1.82, 2.24) is 0 Å². The van der Waals surface area contributed by atoms with E-state index in [-0.39, 0.29) is 9.79 Å². The first kappa shape index (κ1) is 40.2. The molecule has 0 aromatic heterocycles. The Morgan fingerprint density at radius 1 is 0.234 bits per heavy atom. The summed E-state index contributed by atoms with van der Waals surface area (Å²) >= 11 is 0. The molecule has 0 saturated heterocycles. The van der Waals surface area contributed by atoms with Crippen molar-refractivity contribution in [2.75, 3.05) is 0 Å². The van der Waals surface area contributed by atoms with Gasteiger partial charge in [-0.15, -0.1) is 0 Å². The minimum Gasteiger partial charge on any atom is -0.219 e. The number of halogens is 1. The smallest absolute Gasteiger partial charge is 0.206 e. The lowest BCUT2D eigenvalue weighted by atomic mass is 9.81. The topological polar surface area (TPSA) is 34.1 Å². The van der Waals surface area contributed by atoms with Gasteiger partial charge in [0, 0.05) is 0 Å². The van der Waals surface area contributed by atoms with Crippen LogP contribution in [0.4, 0.5) is 4.39 Å². The van der Waals surface area contributed by atoms with Crippen LogP contribution in [0.2, 0.25) is 0 Å². The molecule has 10 rings (SSSR count). The molecule has 10 aromatic rings. The van der Waals surface area contributed by atoms with Crippen LogP contribution in [0.3, 0.4) is 0 Å². The molecular weight excluding hydrogens is 804 g/mol. The first-order valence-electron chi connectivity index (χ1n) is 21.3. The summed E-state index contributed by atoms with van der Waals surface area (Å²) in [4.78, 5) is 0.185. The molecule has 0 aliphatic rings. The predicted molar refractivity (Wildman–Crippen MR) is 262 cm³/mol. The van der Waals surface area contributed by atoms with Crippen molar-refractivity contribution in [2.45, 2.75) is 9.79 Å². The van der Waals surface area contributed by atoms with Crippen LogP contribution in [0.25, 0.3) is 89.0 Å². The molecule has 10 aromatic carbocycles. The summed E-state index contributed by atoms with van der Waals surface area (Å²) in [5.74, 6) is -0.488. The maximum absolute atomic E-state index is 13.7. The van der Waals surface area contributed by atoms with Crippen molar-refractivity contribution >= 4 is 9.84 Å². The van der Waals surface area contributed by atoms with Crippen LogP contribution in [0.1, 0.15) is 0 Å². The summed E-state index contributed by atoms with van der Waals surface area (Å²) in [6.07, 6.45) is 0. The number of rotatable bonds is 10. The average molecular weight is 845 g/mol. The molecule has 0 radical (unpaired) electrons. The van der Waals surface area contributed by atoms with Crippen LogP contribution >= 0.6 is 0 Å². The molecule has 64 heavy (non-hydrogen) atoms. The van der Waals surface area contributed by atoms with Gasteiger partial charge in [0.25, 0.3) is 0 Å². The van der Waals surface area contributed by atoms with Crippen molar-refractivity contribution in [2.24, 2.45) is 0 Å². The van der Waals surface area contributed by atoms with Gasteiger partial charge in [-0.05, 0) is 125 Å². The van der Waals surface area contributed by atoms with E-state index in [1.165, 1.54) is 29.8 Å². The second-order valence-electron chi connectivity index (χ2n) is 15.7. The van der Waals surface area contributed by atoms with E-state index < -0.39 is 15.7 Å². The van der Waals surface area contributed by atoms with Gasteiger partial charge in [-0.25, -0.2) is 12.8 Å². The van der Waals surface area contributed by atoms with Crippen LogP contribution in [0.15, 0.2) is 259 Å². The first-order chi connectivity index (χ1) is 31.4. The Bertz CT molecular complexity index is 3320. The molecule has 0 unspecified atom stereocenters. The number of hydrogen-bond donors (Lipinski definition) is 0. The Morgan fingerprint density at radius 3 is 0.750 bits per heavy atom. The van der Waals surface area contributed by atoms with Crippen LogP contribution in [-0.4, -0.2) is 8.42 Å². The van der Waals surface area contributed by atoms with Gasteiger partial charge >= 0.3 is 0 Å². The second-order valence-corrected chi connectivity index (χ2v) is 17.7. The molecule has 0 bridgehead atoms. The number of hydrogen-bond acceptors (Lipinski definition) is 2. The van der Waals surface area contributed by atoms with E-state index in [0.717, 1.165) is 83.5 Å². The normalized spacial score (nSPS) is 11.3. The van der Waals surface area contributed by atoms with Crippen molar-refractivity contribution in [3.8, 4) is 89.0 Å². The Balaban J connectivity index is 1.19. The van der Waals surface area contributed by atoms with Gasteiger partial charge in [-0.3, -0.25) is 0 Å². The maximum Gasteiger partial charge on any atom is 0.206 e. The predicted octanol–water partition coefficient (Wildman–Crippen LogP) is 16.0. The molecule has 0 heterocycles.